The van der Waals surface area contributed by atoms with Gasteiger partial charge in [0.1, 0.15) is 4.70 Å². The van der Waals surface area contributed by atoms with Crippen molar-refractivity contribution in [3.05, 3.63) is 10.4 Å². The molecule has 2 aromatic rings. The van der Waals surface area contributed by atoms with Crippen molar-refractivity contribution in [3.63, 3.8) is 0 Å². The molecule has 0 aromatic carbocycles. The molecule has 0 radical (unpaired) electrons. The van der Waals surface area contributed by atoms with Gasteiger partial charge in [-0.15, -0.1) is 0 Å². The number of thioether (sulfide) groups is 1. The summed E-state index contributed by atoms with van der Waals surface area (Å²) in [6.07, 6.45) is 8.11. The van der Waals surface area contributed by atoms with Gasteiger partial charge in [0.15, 0.2) is 15.9 Å². The van der Waals surface area contributed by atoms with Crippen LogP contribution in [-0.2, 0) is 11.3 Å². The van der Waals surface area contributed by atoms with E-state index in [0.29, 0.717) is 28.1 Å². The normalized spacial score (nSPS) is 18.1. The van der Waals surface area contributed by atoms with Gasteiger partial charge in [-0.3, -0.25) is 14.2 Å². The van der Waals surface area contributed by atoms with Gasteiger partial charge in [-0.25, -0.2) is 4.98 Å². The Bertz CT molecular complexity index is 898. The highest BCUT2D eigenvalue weighted by Crippen LogP contribution is 2.29. The van der Waals surface area contributed by atoms with E-state index in [1.165, 1.54) is 55.2 Å². The SMILES string of the molecule is CCn1c(SCC(=O)NC2CCCCC2)nc2nc(N3CCCC3)sc2c1=O. The number of rotatable bonds is 6. The van der Waals surface area contributed by atoms with Crippen LogP contribution in [0.5, 0.6) is 0 Å². The molecule has 28 heavy (non-hydrogen) atoms. The molecule has 3 heterocycles. The third kappa shape index (κ3) is 4.20. The van der Waals surface area contributed by atoms with Crippen LogP contribution in [0.3, 0.4) is 0 Å². The van der Waals surface area contributed by atoms with Gasteiger partial charge in [0.25, 0.3) is 5.56 Å². The molecule has 2 aliphatic rings. The number of fused-ring (bicyclic) bond motifs is 1. The number of carbonyl (C=O) groups is 1. The molecule has 1 saturated heterocycles. The first-order chi connectivity index (χ1) is 13.7. The van der Waals surface area contributed by atoms with Gasteiger partial charge in [0, 0.05) is 25.7 Å². The largest absolute Gasteiger partial charge is 0.353 e. The molecule has 2 aromatic heterocycles. The van der Waals surface area contributed by atoms with Crippen LogP contribution in [0.2, 0.25) is 0 Å². The highest BCUT2D eigenvalue weighted by Gasteiger charge is 2.21. The maximum atomic E-state index is 12.9. The quantitative estimate of drug-likeness (QED) is 0.570. The number of aromatic nitrogens is 3. The number of nitrogens with zero attached hydrogens (tertiary/aromatic N) is 4. The molecule has 1 saturated carbocycles. The third-order valence-corrected chi connectivity index (χ3v) is 7.54. The van der Waals surface area contributed by atoms with Crippen molar-refractivity contribution in [2.75, 3.05) is 23.7 Å². The fourth-order valence-electron chi connectivity index (χ4n) is 3.96. The van der Waals surface area contributed by atoms with Crippen LogP contribution in [-0.4, -0.2) is 45.3 Å². The summed E-state index contributed by atoms with van der Waals surface area (Å²) in [4.78, 5) is 36.8. The first-order valence-corrected chi connectivity index (χ1v) is 12.0. The first-order valence-electron chi connectivity index (χ1n) is 10.2. The van der Waals surface area contributed by atoms with Crippen molar-refractivity contribution in [1.29, 1.82) is 0 Å². The summed E-state index contributed by atoms with van der Waals surface area (Å²) in [5.74, 6) is 0.294. The summed E-state index contributed by atoms with van der Waals surface area (Å²) in [7, 11) is 0. The second kappa shape index (κ2) is 8.82. The van der Waals surface area contributed by atoms with Crippen LogP contribution >= 0.6 is 23.1 Å². The molecule has 4 rings (SSSR count). The van der Waals surface area contributed by atoms with Crippen molar-refractivity contribution in [2.24, 2.45) is 0 Å². The van der Waals surface area contributed by atoms with Crippen LogP contribution in [0.25, 0.3) is 10.3 Å². The van der Waals surface area contributed by atoms with Gasteiger partial charge in [0.2, 0.25) is 5.91 Å². The minimum atomic E-state index is -0.0503. The monoisotopic (exact) mass is 421 g/mol. The first kappa shape index (κ1) is 19.7. The molecule has 2 fully saturated rings. The number of hydrogen-bond acceptors (Lipinski definition) is 7. The maximum Gasteiger partial charge on any atom is 0.273 e. The zero-order valence-corrected chi connectivity index (χ0v) is 17.9. The van der Waals surface area contributed by atoms with E-state index in [1.54, 1.807) is 4.57 Å². The number of anilines is 1. The van der Waals surface area contributed by atoms with Gasteiger partial charge in [-0.05, 0) is 32.6 Å². The molecule has 1 aliphatic carbocycles. The lowest BCUT2D eigenvalue weighted by Gasteiger charge is -2.22. The van der Waals surface area contributed by atoms with Gasteiger partial charge in [-0.1, -0.05) is 42.4 Å². The summed E-state index contributed by atoms with van der Waals surface area (Å²) >= 11 is 2.77. The van der Waals surface area contributed by atoms with Crippen LogP contribution < -0.4 is 15.8 Å². The summed E-state index contributed by atoms with van der Waals surface area (Å²) < 4.78 is 2.27. The van der Waals surface area contributed by atoms with Crippen molar-refractivity contribution >= 4 is 44.5 Å². The lowest BCUT2D eigenvalue weighted by Crippen LogP contribution is -2.37. The fourth-order valence-corrected chi connectivity index (χ4v) is 5.82. The standard InChI is InChI=1S/C19H27N5O2S2/c1-2-24-17(26)15-16(21-18(28-15)23-10-6-7-11-23)22-19(24)27-12-14(25)20-13-8-4-3-5-9-13/h13H,2-12H2,1H3,(H,20,25). The van der Waals surface area contributed by atoms with E-state index in [2.05, 4.69) is 20.2 Å². The van der Waals surface area contributed by atoms with Gasteiger partial charge < -0.3 is 10.2 Å². The topological polar surface area (TPSA) is 80.1 Å². The zero-order valence-electron chi connectivity index (χ0n) is 16.3. The van der Waals surface area contributed by atoms with Crippen molar-refractivity contribution < 1.29 is 4.79 Å². The van der Waals surface area contributed by atoms with E-state index in [1.807, 2.05) is 6.92 Å². The molecule has 7 nitrogen and oxygen atoms in total. The van der Waals surface area contributed by atoms with Crippen LogP contribution in [0.15, 0.2) is 9.95 Å². The van der Waals surface area contributed by atoms with E-state index in [0.717, 1.165) is 31.1 Å². The number of thiazole rings is 1. The Hall–Kier alpha value is -1.61. The average molecular weight is 422 g/mol. The highest BCUT2D eigenvalue weighted by molar-refractivity contribution is 7.99. The van der Waals surface area contributed by atoms with Crippen molar-refractivity contribution in [3.8, 4) is 0 Å². The number of nitrogens with one attached hydrogen (secondary N) is 1. The predicted octanol–water partition coefficient (Wildman–Crippen LogP) is 3.01. The second-order valence-corrected chi connectivity index (χ2v) is 9.40. The molecular weight excluding hydrogens is 394 g/mol. The Morgan fingerprint density at radius 3 is 2.64 bits per heavy atom. The second-order valence-electron chi connectivity index (χ2n) is 7.48. The minimum Gasteiger partial charge on any atom is -0.353 e. The number of carbonyl (C=O) groups excluding carboxylic acids is 1. The fraction of sp³-hybridized carbons (Fsp3) is 0.684. The molecule has 0 unspecified atom stereocenters. The molecule has 1 amide bonds. The average Bonchev–Trinajstić information content (AvgIpc) is 3.37. The maximum absolute atomic E-state index is 12.9. The van der Waals surface area contributed by atoms with Crippen LogP contribution in [0.1, 0.15) is 51.9 Å². The minimum absolute atomic E-state index is 0.0185. The van der Waals surface area contributed by atoms with Gasteiger partial charge >= 0.3 is 0 Å². The molecule has 0 bridgehead atoms. The Morgan fingerprint density at radius 2 is 1.93 bits per heavy atom. The summed E-state index contributed by atoms with van der Waals surface area (Å²) in [5.41, 5.74) is 0.461. The highest BCUT2D eigenvalue weighted by atomic mass is 32.2. The smallest absolute Gasteiger partial charge is 0.273 e. The molecule has 1 aliphatic heterocycles. The van der Waals surface area contributed by atoms with Crippen molar-refractivity contribution in [2.45, 2.75) is 69.6 Å². The summed E-state index contributed by atoms with van der Waals surface area (Å²) in [5, 5.41) is 4.59. The number of hydrogen-bond donors (Lipinski definition) is 1. The predicted molar refractivity (Wildman–Crippen MR) is 115 cm³/mol. The third-order valence-electron chi connectivity index (χ3n) is 5.47. The number of amides is 1. The lowest BCUT2D eigenvalue weighted by molar-refractivity contribution is -0.119. The van der Waals surface area contributed by atoms with E-state index in [9.17, 15) is 9.59 Å². The van der Waals surface area contributed by atoms with E-state index >= 15 is 0 Å². The molecule has 9 heteroatoms. The zero-order chi connectivity index (χ0) is 19.5. The van der Waals surface area contributed by atoms with Crippen LogP contribution in [0, 0.1) is 0 Å². The summed E-state index contributed by atoms with van der Waals surface area (Å²) in [6.45, 7) is 4.45. The summed E-state index contributed by atoms with van der Waals surface area (Å²) in [6, 6.07) is 0.298. The molecule has 1 N–H and O–H groups in total. The van der Waals surface area contributed by atoms with Crippen LogP contribution in [0.4, 0.5) is 5.13 Å². The van der Waals surface area contributed by atoms with E-state index in [-0.39, 0.29) is 17.2 Å². The van der Waals surface area contributed by atoms with Gasteiger partial charge in [0.05, 0.1) is 5.75 Å². The molecular formula is C19H27N5O2S2. The van der Waals surface area contributed by atoms with Gasteiger partial charge in [-0.2, -0.15) is 4.98 Å². The van der Waals surface area contributed by atoms with Crippen molar-refractivity contribution in [1.82, 2.24) is 19.9 Å². The van der Waals surface area contributed by atoms with E-state index in [4.69, 9.17) is 0 Å². The Balaban J connectivity index is 1.50. The van der Waals surface area contributed by atoms with E-state index < -0.39 is 0 Å². The molecule has 152 valence electrons. The Labute approximate surface area is 172 Å². The molecule has 0 spiro atoms. The Morgan fingerprint density at radius 1 is 1.18 bits per heavy atom. The lowest BCUT2D eigenvalue weighted by atomic mass is 9.95. The molecule has 0 atom stereocenters. The Kier molecular flexibility index (Phi) is 6.20.